The van der Waals surface area contributed by atoms with E-state index < -0.39 is 11.9 Å². The third-order valence-electron chi connectivity index (χ3n) is 3.09. The van der Waals surface area contributed by atoms with E-state index in [1.807, 2.05) is 23.4 Å². The Morgan fingerprint density at radius 2 is 2.17 bits per heavy atom. The molecule has 0 saturated heterocycles. The van der Waals surface area contributed by atoms with Crippen LogP contribution in [-0.2, 0) is 19.1 Å². The van der Waals surface area contributed by atoms with E-state index in [4.69, 9.17) is 0 Å². The van der Waals surface area contributed by atoms with Gasteiger partial charge in [-0.1, -0.05) is 6.07 Å². The van der Waals surface area contributed by atoms with E-state index in [0.29, 0.717) is 11.0 Å². The largest absolute Gasteiger partial charge is 0.434 e. The van der Waals surface area contributed by atoms with E-state index in [1.165, 1.54) is 4.88 Å². The maximum Gasteiger partial charge on any atom is 0.434 e. The number of thiazole rings is 1. The first-order valence-electron chi connectivity index (χ1n) is 6.86. The van der Waals surface area contributed by atoms with E-state index in [1.54, 1.807) is 18.4 Å². The summed E-state index contributed by atoms with van der Waals surface area (Å²) in [7, 11) is 3.54. The van der Waals surface area contributed by atoms with Crippen LogP contribution in [0.15, 0.2) is 27.9 Å². The molecule has 0 atom stereocenters. The Hall–Kier alpha value is -1.61. The summed E-state index contributed by atoms with van der Waals surface area (Å²) >= 11 is 2.68. The van der Waals surface area contributed by atoms with Crippen LogP contribution in [-0.4, -0.2) is 36.5 Å². The molecule has 0 aliphatic rings. The van der Waals surface area contributed by atoms with Gasteiger partial charge >= 0.3 is 6.18 Å². The highest BCUT2D eigenvalue weighted by Gasteiger charge is 2.33. The SMILES string of the molecule is CN=C(NCc1nc(C(F)(F)F)cs1)N(C)CCc1cccs1. The molecular weight excluding hydrogens is 345 g/mol. The number of thiophene rings is 1. The van der Waals surface area contributed by atoms with Crippen LogP contribution in [0.25, 0.3) is 0 Å². The normalized spacial score (nSPS) is 12.5. The number of aliphatic imine (C=N–C) groups is 1. The van der Waals surface area contributed by atoms with Crippen molar-refractivity contribution >= 4 is 28.6 Å². The van der Waals surface area contributed by atoms with E-state index >= 15 is 0 Å². The zero-order chi connectivity index (χ0) is 16.9. The number of halogens is 3. The summed E-state index contributed by atoms with van der Waals surface area (Å²) in [4.78, 5) is 11.0. The van der Waals surface area contributed by atoms with Crippen LogP contribution in [0.2, 0.25) is 0 Å². The number of rotatable bonds is 5. The molecule has 0 radical (unpaired) electrons. The molecule has 2 aromatic heterocycles. The lowest BCUT2D eigenvalue weighted by molar-refractivity contribution is -0.140. The molecule has 1 N–H and O–H groups in total. The number of likely N-dealkylation sites (N-methyl/N-ethyl adjacent to an activating group) is 1. The van der Waals surface area contributed by atoms with Gasteiger partial charge in [0, 0.05) is 30.9 Å². The van der Waals surface area contributed by atoms with Crippen molar-refractivity contribution in [1.82, 2.24) is 15.2 Å². The van der Waals surface area contributed by atoms with E-state index in [2.05, 4.69) is 21.4 Å². The third kappa shape index (κ3) is 5.21. The minimum absolute atomic E-state index is 0.219. The van der Waals surface area contributed by atoms with Crippen LogP contribution in [0.1, 0.15) is 15.6 Å². The summed E-state index contributed by atoms with van der Waals surface area (Å²) < 4.78 is 37.6. The van der Waals surface area contributed by atoms with Gasteiger partial charge in [-0.2, -0.15) is 13.2 Å². The second-order valence-corrected chi connectivity index (χ2v) is 6.75. The molecule has 0 fully saturated rings. The summed E-state index contributed by atoms with van der Waals surface area (Å²) in [6.45, 7) is 0.989. The fraction of sp³-hybridized carbons (Fsp3) is 0.429. The maximum atomic E-state index is 12.5. The van der Waals surface area contributed by atoms with Gasteiger partial charge in [-0.15, -0.1) is 22.7 Å². The van der Waals surface area contributed by atoms with Crippen molar-refractivity contribution in [3.63, 3.8) is 0 Å². The Bertz CT molecular complexity index is 635. The van der Waals surface area contributed by atoms with Gasteiger partial charge in [-0.25, -0.2) is 4.98 Å². The summed E-state index contributed by atoms with van der Waals surface area (Å²) in [5, 5.41) is 6.48. The van der Waals surface area contributed by atoms with Crippen LogP contribution in [0, 0.1) is 0 Å². The molecule has 126 valence electrons. The number of alkyl halides is 3. The lowest BCUT2D eigenvalue weighted by Crippen LogP contribution is -2.39. The number of nitrogens with one attached hydrogen (secondary N) is 1. The highest BCUT2D eigenvalue weighted by atomic mass is 32.1. The van der Waals surface area contributed by atoms with Gasteiger partial charge in [0.05, 0.1) is 6.54 Å². The second kappa shape index (κ2) is 7.78. The topological polar surface area (TPSA) is 40.5 Å². The maximum absolute atomic E-state index is 12.5. The molecule has 2 aromatic rings. The molecule has 2 heterocycles. The average Bonchev–Trinajstić information content (AvgIpc) is 3.16. The zero-order valence-electron chi connectivity index (χ0n) is 12.7. The quantitative estimate of drug-likeness (QED) is 0.654. The molecule has 4 nitrogen and oxygen atoms in total. The number of nitrogens with zero attached hydrogens (tertiary/aromatic N) is 3. The predicted octanol–water partition coefficient (Wildman–Crippen LogP) is 3.47. The van der Waals surface area contributed by atoms with Gasteiger partial charge in [0.1, 0.15) is 5.01 Å². The lowest BCUT2D eigenvalue weighted by atomic mass is 10.3. The molecule has 23 heavy (non-hydrogen) atoms. The molecule has 0 amide bonds. The molecule has 9 heteroatoms. The van der Waals surface area contributed by atoms with Crippen molar-refractivity contribution in [2.75, 3.05) is 20.6 Å². The Balaban J connectivity index is 1.85. The van der Waals surface area contributed by atoms with Crippen molar-refractivity contribution < 1.29 is 13.2 Å². The van der Waals surface area contributed by atoms with Crippen LogP contribution >= 0.6 is 22.7 Å². The summed E-state index contributed by atoms with van der Waals surface area (Å²) in [6.07, 6.45) is -3.50. The first-order valence-corrected chi connectivity index (χ1v) is 8.62. The molecule has 0 saturated carbocycles. The smallest absolute Gasteiger partial charge is 0.350 e. The number of aromatic nitrogens is 1. The van der Waals surface area contributed by atoms with Crippen molar-refractivity contribution in [3.05, 3.63) is 38.5 Å². The number of hydrogen-bond donors (Lipinski definition) is 1. The van der Waals surface area contributed by atoms with E-state index in [0.717, 1.165) is 29.7 Å². The summed E-state index contributed by atoms with van der Waals surface area (Å²) in [5.74, 6) is 0.630. The summed E-state index contributed by atoms with van der Waals surface area (Å²) in [6, 6.07) is 4.08. The van der Waals surface area contributed by atoms with E-state index in [-0.39, 0.29) is 6.54 Å². The van der Waals surface area contributed by atoms with E-state index in [9.17, 15) is 13.2 Å². The lowest BCUT2D eigenvalue weighted by Gasteiger charge is -2.21. The molecule has 0 unspecified atom stereocenters. The molecule has 0 aliphatic carbocycles. The standard InChI is InChI=1S/C14H17F3N4S2/c1-18-13(21(2)6-5-10-4-3-7-22-10)19-8-12-20-11(9-23-12)14(15,16)17/h3-4,7,9H,5-6,8H2,1-2H3,(H,18,19). The number of guanidine groups is 1. The molecule has 0 spiro atoms. The van der Waals surface area contributed by atoms with Gasteiger partial charge in [0.15, 0.2) is 11.7 Å². The Labute approximate surface area is 140 Å². The first-order chi connectivity index (χ1) is 10.9. The fourth-order valence-electron chi connectivity index (χ4n) is 1.90. The van der Waals surface area contributed by atoms with Gasteiger partial charge < -0.3 is 10.2 Å². The highest BCUT2D eigenvalue weighted by Crippen LogP contribution is 2.29. The molecule has 0 aromatic carbocycles. The molecule has 0 aliphatic heterocycles. The first kappa shape index (κ1) is 17.7. The minimum Gasteiger partial charge on any atom is -0.350 e. The Morgan fingerprint density at radius 3 is 2.74 bits per heavy atom. The molecular formula is C14H17F3N4S2. The molecule has 0 bridgehead atoms. The predicted molar refractivity (Wildman–Crippen MR) is 88.0 cm³/mol. The average molecular weight is 362 g/mol. The third-order valence-corrected chi connectivity index (χ3v) is 4.87. The monoisotopic (exact) mass is 362 g/mol. The van der Waals surface area contributed by atoms with Crippen molar-refractivity contribution in [1.29, 1.82) is 0 Å². The van der Waals surface area contributed by atoms with Gasteiger partial charge in [0.2, 0.25) is 0 Å². The second-order valence-electron chi connectivity index (χ2n) is 4.78. The van der Waals surface area contributed by atoms with Crippen LogP contribution in [0.3, 0.4) is 0 Å². The number of hydrogen-bond acceptors (Lipinski definition) is 4. The molecule has 2 rings (SSSR count). The Morgan fingerprint density at radius 1 is 1.39 bits per heavy atom. The van der Waals surface area contributed by atoms with Crippen molar-refractivity contribution in [3.8, 4) is 0 Å². The highest BCUT2D eigenvalue weighted by molar-refractivity contribution is 7.10. The van der Waals surface area contributed by atoms with Gasteiger partial charge in [0.25, 0.3) is 0 Å². The van der Waals surface area contributed by atoms with Crippen LogP contribution < -0.4 is 5.32 Å². The van der Waals surface area contributed by atoms with Gasteiger partial charge in [-0.05, 0) is 17.9 Å². The Kier molecular flexibility index (Phi) is 6.00. The summed E-state index contributed by atoms with van der Waals surface area (Å²) in [5.41, 5.74) is -0.847. The van der Waals surface area contributed by atoms with Crippen molar-refractivity contribution in [2.24, 2.45) is 4.99 Å². The van der Waals surface area contributed by atoms with Crippen LogP contribution in [0.4, 0.5) is 13.2 Å². The van der Waals surface area contributed by atoms with Gasteiger partial charge in [-0.3, -0.25) is 4.99 Å². The minimum atomic E-state index is -4.39. The van der Waals surface area contributed by atoms with Crippen molar-refractivity contribution in [2.45, 2.75) is 19.1 Å². The zero-order valence-corrected chi connectivity index (χ0v) is 14.4. The van der Waals surface area contributed by atoms with Crippen LogP contribution in [0.5, 0.6) is 0 Å². The fourth-order valence-corrected chi connectivity index (χ4v) is 3.34.